The molecular formula is C9H9N5O3. The third-order valence-electron chi connectivity index (χ3n) is 2.16. The number of carboxylic acid groups (broad SMARTS) is 1. The lowest BCUT2D eigenvalue weighted by Crippen LogP contribution is -2.23. The summed E-state index contributed by atoms with van der Waals surface area (Å²) in [6, 6.07) is 0. The van der Waals surface area contributed by atoms with Gasteiger partial charge in [-0.05, 0) is 0 Å². The Hall–Kier alpha value is -2.64. The van der Waals surface area contributed by atoms with E-state index in [4.69, 9.17) is 10.8 Å². The summed E-state index contributed by atoms with van der Waals surface area (Å²) in [7, 11) is 1.55. The second-order valence-corrected chi connectivity index (χ2v) is 3.35. The van der Waals surface area contributed by atoms with Crippen LogP contribution in [0.1, 0.15) is 10.5 Å². The first-order chi connectivity index (χ1) is 8.00. The van der Waals surface area contributed by atoms with Crippen molar-refractivity contribution in [2.45, 2.75) is 0 Å². The molecule has 0 amide bonds. The van der Waals surface area contributed by atoms with E-state index >= 15 is 0 Å². The molecule has 88 valence electrons. The Bertz CT molecular complexity index is 642. The summed E-state index contributed by atoms with van der Waals surface area (Å²) in [4.78, 5) is 26.3. The van der Waals surface area contributed by atoms with Crippen LogP contribution in [0, 0.1) is 0 Å². The minimum absolute atomic E-state index is 0.00537. The molecule has 0 saturated heterocycles. The molecule has 0 spiro atoms. The van der Waals surface area contributed by atoms with Crippen molar-refractivity contribution in [3.8, 4) is 5.82 Å². The van der Waals surface area contributed by atoms with Crippen LogP contribution in [-0.4, -0.2) is 30.4 Å². The smallest absolute Gasteiger partial charge is 0.358 e. The SMILES string of the molecule is Cn1ccnc(-n2cc(N)c(C(=O)O)n2)c1=O. The van der Waals surface area contributed by atoms with Crippen molar-refractivity contribution >= 4 is 11.7 Å². The number of nitrogens with two attached hydrogens (primary N) is 1. The molecule has 0 bridgehead atoms. The van der Waals surface area contributed by atoms with E-state index in [1.165, 1.54) is 23.2 Å². The van der Waals surface area contributed by atoms with Gasteiger partial charge in [0.1, 0.15) is 0 Å². The standard InChI is InChI=1S/C9H9N5O3/c1-13-3-2-11-7(8(13)15)14-4-5(10)6(12-14)9(16)17/h2-4H,10H2,1H3,(H,16,17). The van der Waals surface area contributed by atoms with Crippen LogP contribution < -0.4 is 11.3 Å². The van der Waals surface area contributed by atoms with Crippen molar-refractivity contribution < 1.29 is 9.90 Å². The molecule has 0 saturated carbocycles. The highest BCUT2D eigenvalue weighted by Gasteiger charge is 2.16. The molecule has 0 aliphatic carbocycles. The van der Waals surface area contributed by atoms with Crippen molar-refractivity contribution in [1.29, 1.82) is 0 Å². The van der Waals surface area contributed by atoms with Crippen molar-refractivity contribution in [1.82, 2.24) is 19.3 Å². The van der Waals surface area contributed by atoms with Crippen LogP contribution >= 0.6 is 0 Å². The molecule has 0 aliphatic heterocycles. The summed E-state index contributed by atoms with van der Waals surface area (Å²) in [6.45, 7) is 0. The van der Waals surface area contributed by atoms with Crippen molar-refractivity contribution in [3.05, 3.63) is 34.6 Å². The number of hydrogen-bond donors (Lipinski definition) is 2. The quantitative estimate of drug-likeness (QED) is 0.707. The van der Waals surface area contributed by atoms with Crippen molar-refractivity contribution in [2.24, 2.45) is 7.05 Å². The number of nitrogen functional groups attached to an aromatic ring is 1. The molecule has 17 heavy (non-hydrogen) atoms. The topological polar surface area (TPSA) is 116 Å². The Balaban J connectivity index is 2.62. The predicted octanol–water partition coefficient (Wildman–Crippen LogP) is -0.754. The van der Waals surface area contributed by atoms with Gasteiger partial charge in [0, 0.05) is 19.4 Å². The van der Waals surface area contributed by atoms with Gasteiger partial charge in [0.2, 0.25) is 5.82 Å². The van der Waals surface area contributed by atoms with Crippen molar-refractivity contribution in [2.75, 3.05) is 5.73 Å². The lowest BCUT2D eigenvalue weighted by atomic mass is 10.4. The van der Waals surface area contributed by atoms with Gasteiger partial charge in [-0.1, -0.05) is 0 Å². The maximum Gasteiger partial charge on any atom is 0.358 e. The number of hydrogen-bond acceptors (Lipinski definition) is 5. The van der Waals surface area contributed by atoms with Gasteiger partial charge in [-0.2, -0.15) is 5.10 Å². The minimum Gasteiger partial charge on any atom is -0.476 e. The predicted molar refractivity (Wildman–Crippen MR) is 58.0 cm³/mol. The molecule has 2 aromatic heterocycles. The lowest BCUT2D eigenvalue weighted by molar-refractivity contribution is 0.0691. The molecule has 2 rings (SSSR count). The molecule has 0 aromatic carbocycles. The summed E-state index contributed by atoms with van der Waals surface area (Å²) >= 11 is 0. The van der Waals surface area contributed by atoms with Gasteiger partial charge >= 0.3 is 5.97 Å². The van der Waals surface area contributed by atoms with Gasteiger partial charge in [-0.15, -0.1) is 0 Å². The molecule has 3 N–H and O–H groups in total. The Morgan fingerprint density at radius 1 is 1.53 bits per heavy atom. The second-order valence-electron chi connectivity index (χ2n) is 3.35. The van der Waals surface area contributed by atoms with Gasteiger partial charge in [-0.25, -0.2) is 14.5 Å². The first kappa shape index (κ1) is 10.9. The summed E-state index contributed by atoms with van der Waals surface area (Å²) in [5.74, 6) is -1.26. The second kappa shape index (κ2) is 3.74. The lowest BCUT2D eigenvalue weighted by Gasteiger charge is -2.00. The van der Waals surface area contributed by atoms with Crippen LogP contribution in [0.2, 0.25) is 0 Å². The number of anilines is 1. The largest absolute Gasteiger partial charge is 0.476 e. The van der Waals surface area contributed by atoms with Crippen LogP contribution in [-0.2, 0) is 7.05 Å². The van der Waals surface area contributed by atoms with E-state index in [0.717, 1.165) is 4.68 Å². The van der Waals surface area contributed by atoms with E-state index in [1.54, 1.807) is 7.05 Å². The van der Waals surface area contributed by atoms with Gasteiger partial charge < -0.3 is 15.4 Å². The van der Waals surface area contributed by atoms with Crippen LogP contribution in [0.5, 0.6) is 0 Å². The van der Waals surface area contributed by atoms with Gasteiger partial charge in [0.15, 0.2) is 5.69 Å². The van der Waals surface area contributed by atoms with E-state index < -0.39 is 11.5 Å². The molecule has 0 aliphatic rings. The van der Waals surface area contributed by atoms with Crippen LogP contribution in [0.4, 0.5) is 5.69 Å². The van der Waals surface area contributed by atoms with E-state index in [-0.39, 0.29) is 17.2 Å². The third-order valence-corrected chi connectivity index (χ3v) is 2.16. The molecule has 8 nitrogen and oxygen atoms in total. The molecule has 2 aromatic rings. The highest BCUT2D eigenvalue weighted by Crippen LogP contribution is 2.10. The Morgan fingerprint density at radius 2 is 2.24 bits per heavy atom. The monoisotopic (exact) mass is 235 g/mol. The molecule has 0 atom stereocenters. The number of carboxylic acids is 1. The van der Waals surface area contributed by atoms with Crippen LogP contribution in [0.25, 0.3) is 5.82 Å². The number of rotatable bonds is 2. The average Bonchev–Trinajstić information content (AvgIpc) is 2.64. The van der Waals surface area contributed by atoms with Crippen LogP contribution in [0.15, 0.2) is 23.4 Å². The van der Waals surface area contributed by atoms with E-state index in [9.17, 15) is 9.59 Å². The van der Waals surface area contributed by atoms with E-state index in [0.29, 0.717) is 0 Å². The Labute approximate surface area is 94.9 Å². The number of aryl methyl sites for hydroxylation is 1. The Morgan fingerprint density at radius 3 is 2.82 bits per heavy atom. The molecule has 0 fully saturated rings. The molecular weight excluding hydrogens is 226 g/mol. The molecule has 2 heterocycles. The fraction of sp³-hybridized carbons (Fsp3) is 0.111. The zero-order valence-corrected chi connectivity index (χ0v) is 8.86. The highest BCUT2D eigenvalue weighted by atomic mass is 16.4. The first-order valence-electron chi connectivity index (χ1n) is 4.61. The highest BCUT2D eigenvalue weighted by molar-refractivity contribution is 5.91. The van der Waals surface area contributed by atoms with E-state index in [2.05, 4.69) is 10.1 Å². The number of carbonyl (C=O) groups is 1. The molecule has 0 radical (unpaired) electrons. The average molecular weight is 235 g/mol. The van der Waals surface area contributed by atoms with Crippen molar-refractivity contribution in [3.63, 3.8) is 0 Å². The first-order valence-corrected chi connectivity index (χ1v) is 4.61. The van der Waals surface area contributed by atoms with Gasteiger partial charge in [0.05, 0.1) is 11.9 Å². The summed E-state index contributed by atoms with van der Waals surface area (Å²) in [5.41, 5.74) is 4.74. The molecule has 0 unspecified atom stereocenters. The maximum atomic E-state index is 11.7. The number of aromatic carboxylic acids is 1. The summed E-state index contributed by atoms with van der Waals surface area (Å²) < 4.78 is 2.36. The van der Waals surface area contributed by atoms with Crippen LogP contribution in [0.3, 0.4) is 0 Å². The zero-order valence-electron chi connectivity index (χ0n) is 8.86. The number of aromatic nitrogens is 4. The fourth-order valence-corrected chi connectivity index (χ4v) is 1.30. The Kier molecular flexibility index (Phi) is 2.39. The normalized spacial score (nSPS) is 10.4. The van der Waals surface area contributed by atoms with Gasteiger partial charge in [0.25, 0.3) is 5.56 Å². The number of nitrogens with zero attached hydrogens (tertiary/aromatic N) is 4. The summed E-state index contributed by atoms with van der Waals surface area (Å²) in [5, 5.41) is 12.5. The maximum absolute atomic E-state index is 11.7. The fourth-order valence-electron chi connectivity index (χ4n) is 1.30. The summed E-state index contributed by atoms with van der Waals surface area (Å²) in [6.07, 6.45) is 4.14. The molecule has 8 heteroatoms. The van der Waals surface area contributed by atoms with E-state index in [1.807, 2.05) is 0 Å². The van der Waals surface area contributed by atoms with Gasteiger partial charge in [-0.3, -0.25) is 4.79 Å². The zero-order chi connectivity index (χ0) is 12.6. The minimum atomic E-state index is -1.26. The third kappa shape index (κ3) is 1.75.